The molecule has 1 aromatic rings. The Kier molecular flexibility index (Phi) is 4.18. The molecule has 4 nitrogen and oxygen atoms in total. The van der Waals surface area contributed by atoms with Crippen LogP contribution in [0.1, 0.15) is 37.6 Å². The number of aromatic nitrogens is 1. The lowest BCUT2D eigenvalue weighted by Gasteiger charge is -2.31. The van der Waals surface area contributed by atoms with Crippen LogP contribution < -0.4 is 5.73 Å². The van der Waals surface area contributed by atoms with Gasteiger partial charge in [-0.25, -0.2) is 4.98 Å². The van der Waals surface area contributed by atoms with Gasteiger partial charge < -0.3 is 10.2 Å². The van der Waals surface area contributed by atoms with E-state index in [4.69, 9.17) is 10.2 Å². The molecule has 1 aromatic heterocycles. The highest BCUT2D eigenvalue weighted by Crippen LogP contribution is 2.30. The van der Waals surface area contributed by atoms with Crippen molar-refractivity contribution in [1.29, 1.82) is 0 Å². The number of oxazole rings is 1. The fraction of sp³-hybridized carbons (Fsp3) is 0.769. The predicted octanol–water partition coefficient (Wildman–Crippen LogP) is 1.93. The maximum absolute atomic E-state index is 5.86. The van der Waals surface area contributed by atoms with E-state index in [1.165, 1.54) is 25.7 Å². The third kappa shape index (κ3) is 2.69. The molecular formula is C13H23N3O. The van der Waals surface area contributed by atoms with Crippen LogP contribution in [0.25, 0.3) is 0 Å². The summed E-state index contributed by atoms with van der Waals surface area (Å²) >= 11 is 0. The molecule has 0 radical (unpaired) electrons. The maximum Gasteiger partial charge on any atom is 0.181 e. The van der Waals surface area contributed by atoms with E-state index in [9.17, 15) is 0 Å². The minimum atomic E-state index is 0.626. The van der Waals surface area contributed by atoms with Gasteiger partial charge in [-0.3, -0.25) is 4.90 Å². The molecule has 0 saturated heterocycles. The zero-order valence-corrected chi connectivity index (χ0v) is 10.9. The Morgan fingerprint density at radius 1 is 1.53 bits per heavy atom. The second-order valence-electron chi connectivity index (χ2n) is 4.91. The van der Waals surface area contributed by atoms with Gasteiger partial charge in [0, 0.05) is 12.6 Å². The Balaban J connectivity index is 2.03. The molecule has 0 spiro atoms. The van der Waals surface area contributed by atoms with Gasteiger partial charge in [0.05, 0.1) is 5.69 Å². The first kappa shape index (κ1) is 12.6. The highest BCUT2D eigenvalue weighted by Gasteiger charge is 2.30. The van der Waals surface area contributed by atoms with Gasteiger partial charge >= 0.3 is 0 Å². The largest absolute Gasteiger partial charge is 0.448 e. The van der Waals surface area contributed by atoms with Gasteiger partial charge in [-0.2, -0.15) is 0 Å². The van der Waals surface area contributed by atoms with E-state index in [2.05, 4.69) is 16.8 Å². The fourth-order valence-corrected chi connectivity index (χ4v) is 2.91. The van der Waals surface area contributed by atoms with Crippen LogP contribution in [0.3, 0.4) is 0 Å². The van der Waals surface area contributed by atoms with Gasteiger partial charge in [0.1, 0.15) is 5.76 Å². The molecule has 1 aliphatic carbocycles. The van der Waals surface area contributed by atoms with Crippen molar-refractivity contribution in [3.63, 3.8) is 0 Å². The molecule has 1 aliphatic rings. The summed E-state index contributed by atoms with van der Waals surface area (Å²) in [6.07, 6.45) is 5.39. The van der Waals surface area contributed by atoms with E-state index in [1.807, 2.05) is 6.92 Å². The second-order valence-corrected chi connectivity index (χ2v) is 4.91. The van der Waals surface area contributed by atoms with Crippen LogP contribution in [-0.4, -0.2) is 29.0 Å². The zero-order chi connectivity index (χ0) is 12.3. The molecule has 1 fully saturated rings. The minimum Gasteiger partial charge on any atom is -0.448 e. The Hall–Kier alpha value is -0.870. The standard InChI is InChI=1S/C13H23N3O/c1-3-16(8-12-10(2)17-9-15-12)13-6-4-5-11(13)7-14/h9,11,13H,3-8,14H2,1-2H3. The quantitative estimate of drug-likeness (QED) is 0.850. The lowest BCUT2D eigenvalue weighted by molar-refractivity contribution is 0.160. The molecular weight excluding hydrogens is 214 g/mol. The summed E-state index contributed by atoms with van der Waals surface area (Å²) in [5.74, 6) is 1.59. The highest BCUT2D eigenvalue weighted by molar-refractivity contribution is 5.05. The third-order valence-corrected chi connectivity index (χ3v) is 3.99. The molecule has 4 heteroatoms. The Labute approximate surface area is 103 Å². The third-order valence-electron chi connectivity index (χ3n) is 3.99. The first-order valence-electron chi connectivity index (χ1n) is 6.59. The van der Waals surface area contributed by atoms with E-state index in [-0.39, 0.29) is 0 Å². The van der Waals surface area contributed by atoms with Crippen LogP contribution in [-0.2, 0) is 6.54 Å². The topological polar surface area (TPSA) is 55.3 Å². The van der Waals surface area contributed by atoms with Crippen molar-refractivity contribution in [3.8, 4) is 0 Å². The van der Waals surface area contributed by atoms with Crippen LogP contribution in [0.5, 0.6) is 0 Å². The normalized spacial score (nSPS) is 24.7. The lowest BCUT2D eigenvalue weighted by atomic mass is 10.0. The predicted molar refractivity (Wildman–Crippen MR) is 67.5 cm³/mol. The summed E-state index contributed by atoms with van der Waals surface area (Å²) in [4.78, 5) is 6.78. The van der Waals surface area contributed by atoms with Crippen LogP contribution in [0.2, 0.25) is 0 Å². The second kappa shape index (κ2) is 5.65. The van der Waals surface area contributed by atoms with Gasteiger partial charge in [0.2, 0.25) is 0 Å². The van der Waals surface area contributed by atoms with Crippen molar-refractivity contribution < 1.29 is 4.42 Å². The van der Waals surface area contributed by atoms with Crippen molar-refractivity contribution >= 4 is 0 Å². The first-order valence-corrected chi connectivity index (χ1v) is 6.59. The van der Waals surface area contributed by atoms with E-state index < -0.39 is 0 Å². The Morgan fingerprint density at radius 2 is 2.35 bits per heavy atom. The summed E-state index contributed by atoms with van der Waals surface area (Å²) in [6.45, 7) is 6.93. The van der Waals surface area contributed by atoms with Gasteiger partial charge in [0.15, 0.2) is 6.39 Å². The number of rotatable bonds is 5. The number of nitrogens with two attached hydrogens (primary N) is 1. The van der Waals surface area contributed by atoms with Gasteiger partial charge in [-0.05, 0) is 38.8 Å². The number of hydrogen-bond acceptors (Lipinski definition) is 4. The molecule has 2 N–H and O–H groups in total. The molecule has 2 atom stereocenters. The molecule has 1 heterocycles. The Bertz CT molecular complexity index is 350. The number of hydrogen-bond donors (Lipinski definition) is 1. The van der Waals surface area contributed by atoms with Crippen molar-refractivity contribution in [1.82, 2.24) is 9.88 Å². The number of nitrogens with zero attached hydrogens (tertiary/aromatic N) is 2. The summed E-state index contributed by atoms with van der Waals surface area (Å²) in [6, 6.07) is 0.626. The molecule has 0 aromatic carbocycles. The average molecular weight is 237 g/mol. The molecule has 17 heavy (non-hydrogen) atoms. The van der Waals surface area contributed by atoms with Gasteiger partial charge in [-0.1, -0.05) is 13.3 Å². The fourth-order valence-electron chi connectivity index (χ4n) is 2.91. The van der Waals surface area contributed by atoms with Crippen molar-refractivity contribution in [3.05, 3.63) is 17.8 Å². The molecule has 0 amide bonds. The van der Waals surface area contributed by atoms with Gasteiger partial charge in [-0.15, -0.1) is 0 Å². The van der Waals surface area contributed by atoms with Crippen molar-refractivity contribution in [2.24, 2.45) is 11.7 Å². The zero-order valence-electron chi connectivity index (χ0n) is 10.9. The monoisotopic (exact) mass is 237 g/mol. The molecule has 1 saturated carbocycles. The highest BCUT2D eigenvalue weighted by atomic mass is 16.3. The first-order chi connectivity index (χ1) is 8.26. The van der Waals surface area contributed by atoms with Crippen LogP contribution in [0.4, 0.5) is 0 Å². The maximum atomic E-state index is 5.86. The summed E-state index contributed by atoms with van der Waals surface area (Å²) in [7, 11) is 0. The summed E-state index contributed by atoms with van der Waals surface area (Å²) in [5, 5.41) is 0. The number of aryl methyl sites for hydroxylation is 1. The summed E-state index contributed by atoms with van der Waals surface area (Å²) < 4.78 is 5.26. The summed E-state index contributed by atoms with van der Waals surface area (Å²) in [5.41, 5.74) is 6.92. The molecule has 2 unspecified atom stereocenters. The van der Waals surface area contributed by atoms with Crippen LogP contribution >= 0.6 is 0 Å². The van der Waals surface area contributed by atoms with Crippen molar-refractivity contribution in [2.75, 3.05) is 13.1 Å². The molecule has 96 valence electrons. The smallest absolute Gasteiger partial charge is 0.181 e. The van der Waals surface area contributed by atoms with Crippen molar-refractivity contribution in [2.45, 2.75) is 45.7 Å². The SMILES string of the molecule is CCN(Cc1ncoc1C)C1CCCC1CN. The van der Waals surface area contributed by atoms with E-state index in [0.29, 0.717) is 12.0 Å². The Morgan fingerprint density at radius 3 is 2.94 bits per heavy atom. The molecule has 0 bridgehead atoms. The van der Waals surface area contributed by atoms with E-state index in [0.717, 1.165) is 31.1 Å². The minimum absolute atomic E-state index is 0.626. The van der Waals surface area contributed by atoms with Crippen LogP contribution in [0.15, 0.2) is 10.8 Å². The van der Waals surface area contributed by atoms with Crippen LogP contribution in [0, 0.1) is 12.8 Å². The average Bonchev–Trinajstić information content (AvgIpc) is 2.95. The van der Waals surface area contributed by atoms with Gasteiger partial charge in [0.25, 0.3) is 0 Å². The van der Waals surface area contributed by atoms with E-state index >= 15 is 0 Å². The molecule has 2 rings (SSSR count). The van der Waals surface area contributed by atoms with E-state index in [1.54, 1.807) is 0 Å². The lowest BCUT2D eigenvalue weighted by Crippen LogP contribution is -2.40. The molecule has 0 aliphatic heterocycles.